The van der Waals surface area contributed by atoms with Crippen LogP contribution in [0.4, 0.5) is 5.95 Å². The van der Waals surface area contributed by atoms with E-state index in [2.05, 4.69) is 10.3 Å². The molecule has 2 heterocycles. The Labute approximate surface area is 154 Å². The Morgan fingerprint density at radius 1 is 1.20 bits per heavy atom. The third-order valence-electron chi connectivity index (χ3n) is 4.76. The average Bonchev–Trinajstić information content (AvgIpc) is 3.33. The molecule has 2 fully saturated rings. The van der Waals surface area contributed by atoms with Crippen molar-refractivity contribution in [2.24, 2.45) is 0 Å². The molecule has 2 aromatic rings. The molecule has 1 aliphatic heterocycles. The van der Waals surface area contributed by atoms with E-state index in [4.69, 9.17) is 27.9 Å². The molecule has 25 heavy (non-hydrogen) atoms. The summed E-state index contributed by atoms with van der Waals surface area (Å²) >= 11 is 12.3. The van der Waals surface area contributed by atoms with Crippen molar-refractivity contribution in [3.63, 3.8) is 0 Å². The summed E-state index contributed by atoms with van der Waals surface area (Å²) in [6, 6.07) is 3.15. The molecule has 136 valence electrons. The van der Waals surface area contributed by atoms with E-state index < -0.39 is 24.4 Å². The van der Waals surface area contributed by atoms with Crippen LogP contribution in [0.1, 0.15) is 18.9 Å². The molecule has 9 heteroatoms. The normalized spacial score (nSPS) is 30.0. The first kappa shape index (κ1) is 17.3. The summed E-state index contributed by atoms with van der Waals surface area (Å²) < 4.78 is 7.33. The van der Waals surface area contributed by atoms with Crippen molar-refractivity contribution < 1.29 is 20.1 Å². The van der Waals surface area contributed by atoms with Crippen molar-refractivity contribution in [2.75, 3.05) is 18.5 Å². The van der Waals surface area contributed by atoms with Gasteiger partial charge in [-0.15, -0.1) is 0 Å². The number of rotatable bonds is 4. The fourth-order valence-electron chi connectivity index (χ4n) is 3.19. The number of ether oxygens (including phenoxy) is 1. The number of imidazole rings is 1. The van der Waals surface area contributed by atoms with E-state index in [1.54, 1.807) is 16.7 Å². The van der Waals surface area contributed by atoms with Crippen LogP contribution in [0.3, 0.4) is 0 Å². The molecule has 7 nitrogen and oxygen atoms in total. The zero-order chi connectivity index (χ0) is 17.7. The van der Waals surface area contributed by atoms with Crippen LogP contribution in [-0.2, 0) is 4.74 Å². The second-order valence-electron chi connectivity index (χ2n) is 6.58. The monoisotopic (exact) mass is 387 g/mol. The Hall–Kier alpha value is -1.09. The first-order valence-electron chi connectivity index (χ1n) is 8.21. The van der Waals surface area contributed by atoms with Gasteiger partial charge in [0.05, 0.1) is 40.3 Å². The predicted octanol–water partition coefficient (Wildman–Crippen LogP) is 1.57. The molecular formula is C16H19Cl2N3O4. The molecule has 4 atom stereocenters. The molecule has 1 saturated carbocycles. The minimum absolute atomic E-state index is 0.133. The molecular weight excluding hydrogens is 369 g/mol. The number of aliphatic hydroxyl groups is 3. The lowest BCUT2D eigenvalue weighted by Gasteiger charge is -2.38. The second kappa shape index (κ2) is 6.57. The number of nitrogens with zero attached hydrogens (tertiary/aromatic N) is 2. The van der Waals surface area contributed by atoms with E-state index in [0.29, 0.717) is 33.1 Å². The van der Waals surface area contributed by atoms with Crippen molar-refractivity contribution in [1.29, 1.82) is 0 Å². The summed E-state index contributed by atoms with van der Waals surface area (Å²) in [6.07, 6.45) is -0.998. The average molecular weight is 388 g/mol. The summed E-state index contributed by atoms with van der Waals surface area (Å²) in [5.41, 5.74) is 1.34. The van der Waals surface area contributed by atoms with Gasteiger partial charge in [-0.05, 0) is 25.0 Å². The van der Waals surface area contributed by atoms with Crippen molar-refractivity contribution in [3.05, 3.63) is 22.2 Å². The maximum absolute atomic E-state index is 10.6. The Bertz CT molecular complexity index is 795. The second-order valence-corrected chi connectivity index (χ2v) is 7.40. The minimum Gasteiger partial charge on any atom is -0.394 e. The highest BCUT2D eigenvalue weighted by molar-refractivity contribution is 6.42. The number of aromatic nitrogens is 2. The third-order valence-corrected chi connectivity index (χ3v) is 5.48. The molecule has 1 saturated heterocycles. The minimum atomic E-state index is -1.20. The molecule has 0 amide bonds. The Morgan fingerprint density at radius 2 is 1.92 bits per heavy atom. The van der Waals surface area contributed by atoms with E-state index in [-0.39, 0.29) is 13.2 Å². The van der Waals surface area contributed by atoms with Crippen LogP contribution in [0.5, 0.6) is 0 Å². The smallest absolute Gasteiger partial charge is 0.204 e. The lowest BCUT2D eigenvalue weighted by Crippen LogP contribution is -2.52. The van der Waals surface area contributed by atoms with Crippen LogP contribution in [0.15, 0.2) is 12.1 Å². The zero-order valence-electron chi connectivity index (χ0n) is 13.3. The van der Waals surface area contributed by atoms with E-state index in [0.717, 1.165) is 12.8 Å². The highest BCUT2D eigenvalue weighted by Gasteiger charge is 2.41. The van der Waals surface area contributed by atoms with Crippen LogP contribution >= 0.6 is 23.2 Å². The van der Waals surface area contributed by atoms with Gasteiger partial charge in [0.1, 0.15) is 18.3 Å². The van der Waals surface area contributed by atoms with Crippen molar-refractivity contribution in [1.82, 2.24) is 9.55 Å². The van der Waals surface area contributed by atoms with E-state index in [9.17, 15) is 15.3 Å². The van der Waals surface area contributed by atoms with Gasteiger partial charge in [0.15, 0.2) is 0 Å². The fraction of sp³-hybridized carbons (Fsp3) is 0.562. The standard InChI is InChI=1S/C16H19Cl2N3O4/c17-8-3-10-11(4-9(8)18)21(16(20-10)19-7-1-2-7)12-6-25-13(5-22)15(24)14(12)23/h3-4,7,12-15,22-24H,1-2,5-6H2,(H,19,20)/t12-,13-,14+,15-/m1/s1. The molecule has 0 spiro atoms. The van der Waals surface area contributed by atoms with Gasteiger partial charge in [-0.2, -0.15) is 0 Å². The number of hydrogen-bond donors (Lipinski definition) is 4. The van der Waals surface area contributed by atoms with Crippen molar-refractivity contribution in [2.45, 2.75) is 43.2 Å². The first-order valence-corrected chi connectivity index (χ1v) is 8.97. The number of anilines is 1. The van der Waals surface area contributed by atoms with Crippen molar-refractivity contribution >= 4 is 40.2 Å². The summed E-state index contributed by atoms with van der Waals surface area (Å²) in [4.78, 5) is 4.58. The van der Waals surface area contributed by atoms with E-state index in [1.165, 1.54) is 0 Å². The highest BCUT2D eigenvalue weighted by Crippen LogP contribution is 2.36. The lowest BCUT2D eigenvalue weighted by molar-refractivity contribution is -0.168. The molecule has 4 rings (SSSR count). The Kier molecular flexibility index (Phi) is 4.56. The van der Waals surface area contributed by atoms with Crippen LogP contribution in [0.25, 0.3) is 11.0 Å². The van der Waals surface area contributed by atoms with Gasteiger partial charge in [0.25, 0.3) is 0 Å². The van der Waals surface area contributed by atoms with E-state index in [1.807, 2.05) is 0 Å². The largest absolute Gasteiger partial charge is 0.394 e. The summed E-state index contributed by atoms with van der Waals surface area (Å²) in [7, 11) is 0. The first-order chi connectivity index (χ1) is 12.0. The molecule has 0 radical (unpaired) electrons. The maximum atomic E-state index is 10.6. The van der Waals surface area contributed by atoms with Gasteiger partial charge in [-0.1, -0.05) is 23.2 Å². The van der Waals surface area contributed by atoms with Crippen LogP contribution in [0.2, 0.25) is 10.0 Å². The molecule has 1 aliphatic carbocycles. The Balaban J connectivity index is 1.79. The SMILES string of the molecule is OC[C@H]1OC[C@@H](n2c(NC3CC3)nc3cc(Cl)c(Cl)cc32)[C@H](O)[C@@H]1O. The van der Waals surface area contributed by atoms with Gasteiger partial charge < -0.3 is 29.9 Å². The number of halogens is 2. The van der Waals surface area contributed by atoms with Gasteiger partial charge in [-0.3, -0.25) is 0 Å². The topological polar surface area (TPSA) is 99.8 Å². The molecule has 1 aromatic carbocycles. The van der Waals surface area contributed by atoms with Crippen LogP contribution in [-0.4, -0.2) is 62.4 Å². The fourth-order valence-corrected chi connectivity index (χ4v) is 3.51. The van der Waals surface area contributed by atoms with Gasteiger partial charge >= 0.3 is 0 Å². The quantitative estimate of drug-likeness (QED) is 0.635. The Morgan fingerprint density at radius 3 is 2.60 bits per heavy atom. The number of aliphatic hydroxyl groups excluding tert-OH is 3. The highest BCUT2D eigenvalue weighted by atomic mass is 35.5. The summed E-state index contributed by atoms with van der Waals surface area (Å²) in [5, 5.41) is 34.2. The molecule has 4 N–H and O–H groups in total. The molecule has 2 aliphatic rings. The molecule has 0 bridgehead atoms. The molecule has 1 aromatic heterocycles. The van der Waals surface area contributed by atoms with Gasteiger partial charge in [-0.25, -0.2) is 4.98 Å². The zero-order valence-corrected chi connectivity index (χ0v) is 14.8. The van der Waals surface area contributed by atoms with Gasteiger partial charge in [0.2, 0.25) is 5.95 Å². The van der Waals surface area contributed by atoms with Crippen LogP contribution in [0, 0.1) is 0 Å². The summed E-state index contributed by atoms with van der Waals surface area (Å²) in [6.45, 7) is -0.223. The number of hydrogen-bond acceptors (Lipinski definition) is 6. The van der Waals surface area contributed by atoms with Gasteiger partial charge in [0, 0.05) is 6.04 Å². The number of benzene rings is 1. The van der Waals surface area contributed by atoms with E-state index >= 15 is 0 Å². The van der Waals surface area contributed by atoms with Crippen LogP contribution < -0.4 is 5.32 Å². The molecule has 0 unspecified atom stereocenters. The number of nitrogens with one attached hydrogen (secondary N) is 1. The predicted molar refractivity (Wildman–Crippen MR) is 94.3 cm³/mol. The maximum Gasteiger partial charge on any atom is 0.204 e. The van der Waals surface area contributed by atoms with Crippen molar-refractivity contribution in [3.8, 4) is 0 Å². The summed E-state index contributed by atoms with van der Waals surface area (Å²) in [5.74, 6) is 0.582. The number of fused-ring (bicyclic) bond motifs is 1. The lowest BCUT2D eigenvalue weighted by atomic mass is 9.98. The third kappa shape index (κ3) is 3.09.